The highest BCUT2D eigenvalue weighted by Crippen LogP contribution is 2.44. The minimum atomic E-state index is -4.86. The molecule has 0 heterocycles. The lowest BCUT2D eigenvalue weighted by molar-refractivity contribution is -0.157. The van der Waals surface area contributed by atoms with Crippen LogP contribution in [0.2, 0.25) is 0 Å². The van der Waals surface area contributed by atoms with Crippen LogP contribution in [0.1, 0.15) is 36.3 Å². The number of halogens is 3. The molecule has 188 valence electrons. The zero-order valence-corrected chi connectivity index (χ0v) is 18.5. The molecule has 2 atom stereocenters. The molecule has 0 aliphatic heterocycles. The van der Waals surface area contributed by atoms with Gasteiger partial charge in [0, 0.05) is 25.4 Å². The Morgan fingerprint density at radius 1 is 0.943 bits per heavy atom. The first kappa shape index (κ1) is 26.0. The number of alkyl halides is 3. The summed E-state index contributed by atoms with van der Waals surface area (Å²) in [7, 11) is 0. The SMILES string of the molecule is O=C(CC[C@H](NC(=O)OCC1c2ccccc2-c2ccccc21)C(F)(F)F)N[C@H](CCO)C(=O)O. The fourth-order valence-electron chi connectivity index (χ4n) is 4.03. The number of aliphatic carboxylic acids is 1. The van der Waals surface area contributed by atoms with Crippen LogP contribution in [0.5, 0.6) is 0 Å². The summed E-state index contributed by atoms with van der Waals surface area (Å²) in [4.78, 5) is 35.2. The van der Waals surface area contributed by atoms with Crippen molar-refractivity contribution in [2.24, 2.45) is 0 Å². The maximum absolute atomic E-state index is 13.4. The molecule has 0 saturated heterocycles. The monoisotopic (exact) mass is 494 g/mol. The Bertz CT molecular complexity index is 1030. The van der Waals surface area contributed by atoms with Gasteiger partial charge in [0.05, 0.1) is 0 Å². The van der Waals surface area contributed by atoms with Crippen molar-refractivity contribution in [3.63, 3.8) is 0 Å². The highest BCUT2D eigenvalue weighted by Gasteiger charge is 2.41. The number of amides is 2. The summed E-state index contributed by atoms with van der Waals surface area (Å²) >= 11 is 0. The second kappa shape index (κ2) is 11.2. The van der Waals surface area contributed by atoms with Gasteiger partial charge in [-0.25, -0.2) is 9.59 Å². The first-order valence-electron chi connectivity index (χ1n) is 10.9. The van der Waals surface area contributed by atoms with Crippen LogP contribution in [0.25, 0.3) is 11.1 Å². The predicted molar refractivity (Wildman–Crippen MR) is 119 cm³/mol. The number of aliphatic hydroxyl groups is 1. The minimum absolute atomic E-state index is 0.174. The number of alkyl carbamates (subject to hydrolysis) is 1. The molecule has 0 saturated carbocycles. The number of carbonyl (C=O) groups is 3. The first-order chi connectivity index (χ1) is 16.6. The fraction of sp³-hybridized carbons (Fsp3) is 0.375. The average molecular weight is 494 g/mol. The Morgan fingerprint density at radius 3 is 2.03 bits per heavy atom. The topological polar surface area (TPSA) is 125 Å². The normalized spacial score (nSPS) is 14.4. The quantitative estimate of drug-likeness (QED) is 0.402. The van der Waals surface area contributed by atoms with E-state index in [1.54, 1.807) is 5.32 Å². The van der Waals surface area contributed by atoms with Crippen molar-refractivity contribution in [1.29, 1.82) is 0 Å². The Labute approximate surface area is 199 Å². The van der Waals surface area contributed by atoms with Crippen LogP contribution in [0.15, 0.2) is 48.5 Å². The molecule has 0 fully saturated rings. The highest BCUT2D eigenvalue weighted by atomic mass is 19.4. The van der Waals surface area contributed by atoms with E-state index in [0.29, 0.717) is 0 Å². The van der Waals surface area contributed by atoms with E-state index in [0.717, 1.165) is 22.3 Å². The zero-order valence-electron chi connectivity index (χ0n) is 18.5. The summed E-state index contributed by atoms with van der Waals surface area (Å²) in [6, 6.07) is 11.2. The van der Waals surface area contributed by atoms with Crippen molar-refractivity contribution in [3.8, 4) is 11.1 Å². The fourth-order valence-corrected chi connectivity index (χ4v) is 4.03. The molecule has 11 heteroatoms. The van der Waals surface area contributed by atoms with Crippen LogP contribution >= 0.6 is 0 Å². The van der Waals surface area contributed by atoms with Crippen LogP contribution in [-0.2, 0) is 14.3 Å². The zero-order chi connectivity index (χ0) is 25.6. The largest absolute Gasteiger partial charge is 0.480 e. The lowest BCUT2D eigenvalue weighted by Gasteiger charge is -2.22. The van der Waals surface area contributed by atoms with E-state index < -0.39 is 55.7 Å². The molecule has 4 N–H and O–H groups in total. The first-order valence-corrected chi connectivity index (χ1v) is 10.9. The third-order valence-corrected chi connectivity index (χ3v) is 5.74. The molecular weight excluding hydrogens is 469 g/mol. The highest BCUT2D eigenvalue weighted by molar-refractivity contribution is 5.83. The molecule has 0 aromatic heterocycles. The summed E-state index contributed by atoms with van der Waals surface area (Å²) < 4.78 is 45.5. The number of aliphatic hydroxyl groups excluding tert-OH is 1. The van der Waals surface area contributed by atoms with Crippen LogP contribution in [0.3, 0.4) is 0 Å². The number of carboxylic acids is 1. The molecular formula is C24H25F3N2O6. The van der Waals surface area contributed by atoms with Crippen molar-refractivity contribution in [3.05, 3.63) is 59.7 Å². The van der Waals surface area contributed by atoms with Gasteiger partial charge < -0.3 is 25.6 Å². The molecule has 2 amide bonds. The van der Waals surface area contributed by atoms with Crippen LogP contribution in [-0.4, -0.2) is 59.7 Å². The maximum atomic E-state index is 13.4. The molecule has 0 bridgehead atoms. The number of hydrogen-bond donors (Lipinski definition) is 4. The maximum Gasteiger partial charge on any atom is 0.408 e. The lowest BCUT2D eigenvalue weighted by Crippen LogP contribution is -2.47. The number of ether oxygens (including phenoxy) is 1. The van der Waals surface area contributed by atoms with Gasteiger partial charge in [-0.2, -0.15) is 13.2 Å². The van der Waals surface area contributed by atoms with Gasteiger partial charge >= 0.3 is 18.2 Å². The van der Waals surface area contributed by atoms with Gasteiger partial charge in [0.1, 0.15) is 18.7 Å². The van der Waals surface area contributed by atoms with Gasteiger partial charge in [0.25, 0.3) is 0 Å². The van der Waals surface area contributed by atoms with E-state index >= 15 is 0 Å². The van der Waals surface area contributed by atoms with Crippen molar-refractivity contribution in [2.75, 3.05) is 13.2 Å². The molecule has 0 unspecified atom stereocenters. The minimum Gasteiger partial charge on any atom is -0.480 e. The number of rotatable bonds is 10. The Morgan fingerprint density at radius 2 is 1.51 bits per heavy atom. The van der Waals surface area contributed by atoms with E-state index in [-0.39, 0.29) is 18.9 Å². The molecule has 1 aliphatic rings. The van der Waals surface area contributed by atoms with Crippen LogP contribution in [0.4, 0.5) is 18.0 Å². The number of carboxylic acid groups (broad SMARTS) is 1. The van der Waals surface area contributed by atoms with E-state index in [2.05, 4.69) is 0 Å². The van der Waals surface area contributed by atoms with Gasteiger partial charge in [0.2, 0.25) is 5.91 Å². The van der Waals surface area contributed by atoms with E-state index in [9.17, 15) is 27.6 Å². The summed E-state index contributed by atoms with van der Waals surface area (Å²) in [6.07, 6.45) is -7.93. The Kier molecular flexibility index (Phi) is 8.34. The third-order valence-electron chi connectivity index (χ3n) is 5.74. The second-order valence-corrected chi connectivity index (χ2v) is 8.07. The van der Waals surface area contributed by atoms with E-state index in [4.69, 9.17) is 14.9 Å². The lowest BCUT2D eigenvalue weighted by atomic mass is 9.98. The number of hydrogen-bond acceptors (Lipinski definition) is 5. The summed E-state index contributed by atoms with van der Waals surface area (Å²) in [5.74, 6) is -2.70. The molecule has 1 aliphatic carbocycles. The van der Waals surface area contributed by atoms with Crippen LogP contribution < -0.4 is 10.6 Å². The van der Waals surface area contributed by atoms with Crippen molar-refractivity contribution < 1.29 is 42.5 Å². The van der Waals surface area contributed by atoms with Gasteiger partial charge in [0.15, 0.2) is 0 Å². The van der Waals surface area contributed by atoms with Gasteiger partial charge in [-0.3, -0.25) is 4.79 Å². The van der Waals surface area contributed by atoms with Crippen molar-refractivity contribution >= 4 is 18.0 Å². The number of carbonyl (C=O) groups excluding carboxylic acids is 2. The summed E-state index contributed by atoms with van der Waals surface area (Å²) in [5.41, 5.74) is 3.75. The van der Waals surface area contributed by atoms with Gasteiger partial charge in [-0.1, -0.05) is 48.5 Å². The van der Waals surface area contributed by atoms with Crippen molar-refractivity contribution in [1.82, 2.24) is 10.6 Å². The number of nitrogens with one attached hydrogen (secondary N) is 2. The predicted octanol–water partition coefficient (Wildman–Crippen LogP) is 3.19. The van der Waals surface area contributed by atoms with Gasteiger partial charge in [-0.05, 0) is 28.7 Å². The number of benzene rings is 2. The van der Waals surface area contributed by atoms with Gasteiger partial charge in [-0.15, -0.1) is 0 Å². The van der Waals surface area contributed by atoms with Crippen LogP contribution in [0, 0.1) is 0 Å². The molecule has 0 spiro atoms. The van der Waals surface area contributed by atoms with E-state index in [1.807, 2.05) is 53.8 Å². The number of fused-ring (bicyclic) bond motifs is 3. The summed E-state index contributed by atoms with van der Waals surface area (Å²) in [6.45, 7) is -0.696. The van der Waals surface area contributed by atoms with Crippen molar-refractivity contribution in [2.45, 2.75) is 43.4 Å². The smallest absolute Gasteiger partial charge is 0.408 e. The Hall–Kier alpha value is -3.60. The molecule has 3 rings (SSSR count). The standard InChI is InChI=1S/C24H25F3N2O6/c25-24(26,27)20(9-10-21(31)28-19(11-12-30)22(32)33)29-23(34)35-13-18-16-7-3-1-5-14(16)15-6-2-4-8-17(15)18/h1-8,18-20,30H,9-13H2,(H,28,31)(H,29,34)(H,32,33)/t19-,20+/m1/s1. The molecule has 35 heavy (non-hydrogen) atoms. The molecule has 2 aromatic carbocycles. The molecule has 8 nitrogen and oxygen atoms in total. The molecule has 0 radical (unpaired) electrons. The Balaban J connectivity index is 1.59. The van der Waals surface area contributed by atoms with E-state index in [1.165, 1.54) is 0 Å². The summed E-state index contributed by atoms with van der Waals surface area (Å²) in [5, 5.41) is 21.6. The molecule has 2 aromatic rings. The third kappa shape index (κ3) is 6.50. The second-order valence-electron chi connectivity index (χ2n) is 8.07. The average Bonchev–Trinajstić information content (AvgIpc) is 3.13.